The lowest BCUT2D eigenvalue weighted by Gasteiger charge is -2.22. The van der Waals surface area contributed by atoms with E-state index in [-0.39, 0.29) is 21.2 Å². The number of ether oxygens (including phenoxy) is 4. The van der Waals surface area contributed by atoms with E-state index >= 15 is 0 Å². The van der Waals surface area contributed by atoms with Crippen LogP contribution in [-0.4, -0.2) is 81.0 Å². The van der Waals surface area contributed by atoms with Gasteiger partial charge in [-0.1, -0.05) is 50.2 Å². The molecule has 0 saturated heterocycles. The van der Waals surface area contributed by atoms with E-state index in [9.17, 15) is 24.0 Å². The molecule has 2 rings (SSSR count). The monoisotopic (exact) mass is 568 g/mol. The highest BCUT2D eigenvalue weighted by Crippen LogP contribution is 2.44. The number of carbonyl (C=O) groups is 5. The first kappa shape index (κ1) is 31.0. The van der Waals surface area contributed by atoms with Gasteiger partial charge >= 0.3 is 23.9 Å². The Balaban J connectivity index is 2.51. The summed E-state index contributed by atoms with van der Waals surface area (Å²) in [6, 6.07) is 0. The number of esters is 4. The third-order valence-electron chi connectivity index (χ3n) is 5.42. The molecule has 0 N–H and O–H groups in total. The fraction of sp³-hybridized carbons (Fsp3) is 0.480. The van der Waals surface area contributed by atoms with Gasteiger partial charge in [-0.15, -0.1) is 0 Å². The lowest BCUT2D eigenvalue weighted by molar-refractivity contribution is -0.139. The molecule has 13 heteroatoms. The molecule has 0 atom stereocenters. The molecule has 0 radical (unpaired) electrons. The summed E-state index contributed by atoms with van der Waals surface area (Å²) < 4.78 is 19.4. The SMILES string of the molecule is CCCCN1C(=CC(=O)C=C2SC(C(=O)OC)=C(C(=O)OC)N2CCCC)SC(C(=O)OC)=C1C(=O)OC. The van der Waals surface area contributed by atoms with Gasteiger partial charge < -0.3 is 28.7 Å². The van der Waals surface area contributed by atoms with Crippen LogP contribution in [0.15, 0.2) is 43.4 Å². The van der Waals surface area contributed by atoms with Crippen LogP contribution < -0.4 is 0 Å². The fourth-order valence-corrected chi connectivity index (χ4v) is 5.79. The normalized spacial score (nSPS) is 17.4. The van der Waals surface area contributed by atoms with Crippen molar-refractivity contribution in [3.8, 4) is 0 Å². The molecule has 208 valence electrons. The van der Waals surface area contributed by atoms with Crippen LogP contribution in [0.4, 0.5) is 0 Å². The molecule has 2 aliphatic rings. The van der Waals surface area contributed by atoms with Gasteiger partial charge in [0.2, 0.25) is 0 Å². The number of hydrogen-bond donors (Lipinski definition) is 0. The zero-order valence-corrected chi connectivity index (χ0v) is 23.9. The van der Waals surface area contributed by atoms with Crippen molar-refractivity contribution in [3.05, 3.63) is 43.4 Å². The standard InChI is InChI=1S/C25H32N2O9S2/c1-7-9-11-26-16(37-20(24(31)35-5)18(26)22(29)33-3)13-15(28)14-17-27(12-10-8-2)19(23(30)34-4)21(38-17)25(32)36-6/h13-14H,7-12H2,1-6H3. The fourth-order valence-electron chi connectivity index (χ4n) is 3.52. The predicted octanol–water partition coefficient (Wildman–Crippen LogP) is 3.05. The quantitative estimate of drug-likeness (QED) is 0.194. The van der Waals surface area contributed by atoms with Gasteiger partial charge in [-0.2, -0.15) is 0 Å². The maximum atomic E-state index is 13.2. The lowest BCUT2D eigenvalue weighted by atomic mass is 10.2. The Hall–Kier alpha value is -3.19. The molecule has 0 aromatic carbocycles. The van der Waals surface area contributed by atoms with Crippen molar-refractivity contribution in [1.29, 1.82) is 0 Å². The molecule has 0 saturated carbocycles. The summed E-state index contributed by atoms with van der Waals surface area (Å²) in [5.41, 5.74) is 0.0128. The van der Waals surface area contributed by atoms with Crippen molar-refractivity contribution in [3.63, 3.8) is 0 Å². The zero-order valence-electron chi connectivity index (χ0n) is 22.3. The number of hydrogen-bond acceptors (Lipinski definition) is 13. The number of thioether (sulfide) groups is 2. The van der Waals surface area contributed by atoms with E-state index in [0.717, 1.165) is 36.4 Å². The molecule has 0 spiro atoms. The number of ketones is 1. The maximum Gasteiger partial charge on any atom is 0.356 e. The van der Waals surface area contributed by atoms with Crippen LogP contribution in [0.3, 0.4) is 0 Å². The Labute approximate surface area is 230 Å². The van der Waals surface area contributed by atoms with Gasteiger partial charge in [-0.3, -0.25) is 4.79 Å². The van der Waals surface area contributed by atoms with E-state index in [1.54, 1.807) is 9.80 Å². The summed E-state index contributed by atoms with van der Waals surface area (Å²) in [6.45, 7) is 4.67. The van der Waals surface area contributed by atoms with Crippen LogP contribution in [0.5, 0.6) is 0 Å². The van der Waals surface area contributed by atoms with E-state index in [0.29, 0.717) is 36.0 Å². The van der Waals surface area contributed by atoms with Crippen molar-refractivity contribution in [2.24, 2.45) is 0 Å². The summed E-state index contributed by atoms with van der Waals surface area (Å²) in [5, 5.41) is 0.692. The first-order valence-corrected chi connectivity index (χ1v) is 13.5. The molecule has 2 heterocycles. The molecule has 0 unspecified atom stereocenters. The Morgan fingerprint density at radius 1 is 0.632 bits per heavy atom. The minimum atomic E-state index is -0.727. The van der Waals surface area contributed by atoms with Crippen LogP contribution in [0.2, 0.25) is 0 Å². The number of carbonyl (C=O) groups excluding carboxylic acids is 5. The number of rotatable bonds is 12. The molecule has 0 bridgehead atoms. The number of allylic oxidation sites excluding steroid dienone is 2. The highest BCUT2D eigenvalue weighted by molar-refractivity contribution is 8.08. The highest BCUT2D eigenvalue weighted by Gasteiger charge is 2.39. The van der Waals surface area contributed by atoms with Crippen molar-refractivity contribution in [1.82, 2.24) is 9.80 Å². The molecular weight excluding hydrogens is 536 g/mol. The second kappa shape index (κ2) is 14.7. The van der Waals surface area contributed by atoms with Gasteiger partial charge in [0.15, 0.2) is 5.78 Å². The van der Waals surface area contributed by atoms with Crippen LogP contribution in [-0.2, 0) is 42.9 Å². The van der Waals surface area contributed by atoms with E-state index in [2.05, 4.69) is 0 Å². The zero-order chi connectivity index (χ0) is 28.4. The van der Waals surface area contributed by atoms with Crippen LogP contribution in [0.25, 0.3) is 0 Å². The first-order valence-electron chi connectivity index (χ1n) is 11.9. The number of methoxy groups -OCH3 is 4. The van der Waals surface area contributed by atoms with E-state index in [4.69, 9.17) is 18.9 Å². The van der Waals surface area contributed by atoms with E-state index in [1.807, 2.05) is 13.8 Å². The summed E-state index contributed by atoms with van der Waals surface area (Å²) >= 11 is 1.87. The molecule has 11 nitrogen and oxygen atoms in total. The van der Waals surface area contributed by atoms with Gasteiger partial charge in [0.05, 0.1) is 38.5 Å². The van der Waals surface area contributed by atoms with Crippen molar-refractivity contribution in [2.45, 2.75) is 39.5 Å². The number of nitrogens with zero attached hydrogens (tertiary/aromatic N) is 2. The third-order valence-corrected chi connectivity index (χ3v) is 7.64. The molecular formula is C25H32N2O9S2. The molecule has 2 aliphatic heterocycles. The Kier molecular flexibility index (Phi) is 12.0. The third kappa shape index (κ3) is 7.01. The van der Waals surface area contributed by atoms with Gasteiger partial charge in [-0.25, -0.2) is 19.2 Å². The van der Waals surface area contributed by atoms with Gasteiger partial charge in [0.25, 0.3) is 0 Å². The minimum Gasteiger partial charge on any atom is -0.465 e. The largest absolute Gasteiger partial charge is 0.465 e. The molecule has 0 amide bonds. The molecule has 0 aromatic heterocycles. The first-order chi connectivity index (χ1) is 18.2. The summed E-state index contributed by atoms with van der Waals surface area (Å²) in [6.07, 6.45) is 5.54. The Morgan fingerprint density at radius 3 is 1.26 bits per heavy atom. The average molecular weight is 569 g/mol. The summed E-state index contributed by atoms with van der Waals surface area (Å²) in [4.78, 5) is 66.4. The van der Waals surface area contributed by atoms with Crippen molar-refractivity contribution < 1.29 is 42.9 Å². The minimum absolute atomic E-state index is 0.00642. The van der Waals surface area contributed by atoms with Crippen LogP contribution in [0, 0.1) is 0 Å². The topological polar surface area (TPSA) is 129 Å². The Morgan fingerprint density at radius 2 is 0.974 bits per heavy atom. The highest BCUT2D eigenvalue weighted by atomic mass is 32.2. The molecule has 0 fully saturated rings. The van der Waals surface area contributed by atoms with Gasteiger partial charge in [0, 0.05) is 25.2 Å². The molecule has 0 aromatic rings. The van der Waals surface area contributed by atoms with E-state index in [1.165, 1.54) is 40.6 Å². The second-order valence-corrected chi connectivity index (χ2v) is 9.97. The van der Waals surface area contributed by atoms with Crippen molar-refractivity contribution >= 4 is 53.2 Å². The maximum absolute atomic E-state index is 13.2. The molecule has 0 aliphatic carbocycles. The van der Waals surface area contributed by atoms with E-state index < -0.39 is 29.7 Å². The Bertz CT molecular complexity index is 1020. The summed E-state index contributed by atoms with van der Waals surface area (Å²) in [7, 11) is 4.81. The van der Waals surface area contributed by atoms with Gasteiger partial charge in [-0.05, 0) is 12.8 Å². The smallest absolute Gasteiger partial charge is 0.356 e. The average Bonchev–Trinajstić information content (AvgIpc) is 3.46. The molecule has 38 heavy (non-hydrogen) atoms. The van der Waals surface area contributed by atoms with Crippen LogP contribution >= 0.6 is 23.5 Å². The van der Waals surface area contributed by atoms with Crippen LogP contribution in [0.1, 0.15) is 39.5 Å². The summed E-state index contributed by atoms with van der Waals surface area (Å²) in [5.74, 6) is -3.39. The van der Waals surface area contributed by atoms with Crippen molar-refractivity contribution in [2.75, 3.05) is 41.5 Å². The lowest BCUT2D eigenvalue weighted by Crippen LogP contribution is -2.27. The second-order valence-electron chi connectivity index (χ2n) is 7.90. The van der Waals surface area contributed by atoms with Gasteiger partial charge in [0.1, 0.15) is 21.2 Å². The predicted molar refractivity (Wildman–Crippen MR) is 142 cm³/mol. The number of unbranched alkanes of at least 4 members (excludes halogenated alkanes) is 2.